The number of aryl methyl sites for hydroxylation is 1. The van der Waals surface area contributed by atoms with E-state index in [1.165, 1.54) is 16.5 Å². The smallest absolute Gasteiger partial charge is 0.338 e. The number of amides is 2. The zero-order valence-electron chi connectivity index (χ0n) is 24.4. The number of anilines is 2. The first-order valence-electron chi connectivity index (χ1n) is 15.0. The van der Waals surface area contributed by atoms with Crippen LogP contribution in [0.4, 0.5) is 16.2 Å². The summed E-state index contributed by atoms with van der Waals surface area (Å²) in [4.78, 5) is 25.7. The maximum absolute atomic E-state index is 13.5. The van der Waals surface area contributed by atoms with Crippen molar-refractivity contribution in [2.75, 3.05) is 17.2 Å². The Morgan fingerprint density at radius 1 is 0.818 bits per heavy atom. The minimum absolute atomic E-state index is 0.275. The molecule has 6 heteroatoms. The van der Waals surface area contributed by atoms with Crippen LogP contribution in [0, 0.1) is 0 Å². The zero-order chi connectivity index (χ0) is 30.2. The molecule has 5 aromatic carbocycles. The first-order valence-corrected chi connectivity index (χ1v) is 15.0. The van der Waals surface area contributed by atoms with Crippen molar-refractivity contribution in [1.82, 2.24) is 0 Å². The molecule has 2 amide bonds. The summed E-state index contributed by atoms with van der Waals surface area (Å²) in [5.41, 5.74) is 8.25. The van der Waals surface area contributed by atoms with Gasteiger partial charge in [-0.2, -0.15) is 0 Å². The molecular formula is C38H32N2O4. The van der Waals surface area contributed by atoms with Gasteiger partial charge >= 0.3 is 12.0 Å². The molecule has 1 unspecified atom stereocenters. The highest BCUT2D eigenvalue weighted by molar-refractivity contribution is 6.14. The summed E-state index contributed by atoms with van der Waals surface area (Å²) in [6.45, 7) is 2.03. The largest absolute Gasteiger partial charge is 0.462 e. The van der Waals surface area contributed by atoms with Gasteiger partial charge in [-0.1, -0.05) is 84.9 Å². The number of urea groups is 1. The van der Waals surface area contributed by atoms with Gasteiger partial charge < -0.3 is 20.5 Å². The molecule has 0 saturated heterocycles. The summed E-state index contributed by atoms with van der Waals surface area (Å²) < 4.78 is 5.11. The number of benzene rings is 5. The van der Waals surface area contributed by atoms with Crippen LogP contribution >= 0.6 is 0 Å². The Hall–Kier alpha value is -5.20. The van der Waals surface area contributed by atoms with Gasteiger partial charge in [0.05, 0.1) is 24.0 Å². The van der Waals surface area contributed by atoms with Gasteiger partial charge in [-0.05, 0) is 88.4 Å². The lowest BCUT2D eigenvalue weighted by molar-refractivity contribution is 0.0526. The van der Waals surface area contributed by atoms with Crippen LogP contribution in [0.3, 0.4) is 0 Å². The van der Waals surface area contributed by atoms with Crippen molar-refractivity contribution in [1.29, 1.82) is 0 Å². The average Bonchev–Trinajstić information content (AvgIpc) is 3.05. The molecule has 6 nitrogen and oxygen atoms in total. The molecule has 2 aliphatic carbocycles. The number of carbonyl (C=O) groups is 2. The summed E-state index contributed by atoms with van der Waals surface area (Å²) in [5, 5.41) is 20.9. The molecule has 0 bridgehead atoms. The van der Waals surface area contributed by atoms with E-state index in [1.54, 1.807) is 31.2 Å². The number of nitrogens with one attached hydrogen (secondary N) is 2. The summed E-state index contributed by atoms with van der Waals surface area (Å²) in [6.07, 6.45) is 6.20. The Bertz CT molecular complexity index is 2020. The van der Waals surface area contributed by atoms with Crippen molar-refractivity contribution in [3.05, 3.63) is 125 Å². The molecule has 0 heterocycles. The lowest BCUT2D eigenvalue weighted by Gasteiger charge is -2.28. The first kappa shape index (κ1) is 27.6. The molecule has 218 valence electrons. The topological polar surface area (TPSA) is 87.7 Å². The molecule has 0 spiro atoms. The highest BCUT2D eigenvalue weighted by atomic mass is 16.5. The van der Waals surface area contributed by atoms with E-state index in [2.05, 4.69) is 65.3 Å². The van der Waals surface area contributed by atoms with E-state index >= 15 is 0 Å². The maximum Gasteiger partial charge on any atom is 0.338 e. The number of aliphatic hydroxyl groups is 1. The van der Waals surface area contributed by atoms with Crippen molar-refractivity contribution in [2.24, 2.45) is 0 Å². The lowest BCUT2D eigenvalue weighted by atomic mass is 9.78. The molecule has 0 radical (unpaired) electrons. The number of fused-ring (bicyclic) bond motifs is 5. The molecule has 0 aromatic heterocycles. The van der Waals surface area contributed by atoms with E-state index in [4.69, 9.17) is 4.74 Å². The van der Waals surface area contributed by atoms with Gasteiger partial charge in [0.1, 0.15) is 0 Å². The second-order valence-corrected chi connectivity index (χ2v) is 11.2. The predicted octanol–water partition coefficient (Wildman–Crippen LogP) is 8.50. The van der Waals surface area contributed by atoms with Crippen LogP contribution in [0.5, 0.6) is 0 Å². The Balaban J connectivity index is 1.30. The number of rotatable bonds is 5. The van der Waals surface area contributed by atoms with Gasteiger partial charge in [0.15, 0.2) is 0 Å². The molecule has 0 fully saturated rings. The summed E-state index contributed by atoms with van der Waals surface area (Å²) in [7, 11) is 0. The maximum atomic E-state index is 13.5. The number of allylic oxidation sites excluding steroid dienone is 2. The van der Waals surface area contributed by atoms with Crippen LogP contribution in [0.2, 0.25) is 0 Å². The van der Waals surface area contributed by atoms with E-state index in [0.29, 0.717) is 23.4 Å². The minimum Gasteiger partial charge on any atom is -0.462 e. The second-order valence-electron chi connectivity index (χ2n) is 11.2. The lowest BCUT2D eigenvalue weighted by Crippen LogP contribution is -2.20. The van der Waals surface area contributed by atoms with Crippen molar-refractivity contribution in [3.63, 3.8) is 0 Å². The number of esters is 1. The molecule has 1 atom stereocenters. The summed E-state index contributed by atoms with van der Waals surface area (Å²) in [6, 6.07) is 29.1. The van der Waals surface area contributed by atoms with E-state index in [9.17, 15) is 14.7 Å². The monoisotopic (exact) mass is 580 g/mol. The first-order chi connectivity index (χ1) is 21.5. The molecule has 0 saturated carbocycles. The normalized spacial score (nSPS) is 15.5. The fourth-order valence-corrected chi connectivity index (χ4v) is 6.59. The number of hydrogen-bond donors (Lipinski definition) is 3. The molecule has 5 aromatic rings. The Kier molecular flexibility index (Phi) is 7.20. The highest BCUT2D eigenvalue weighted by Gasteiger charge is 2.26. The van der Waals surface area contributed by atoms with Gasteiger partial charge in [0.25, 0.3) is 0 Å². The van der Waals surface area contributed by atoms with Crippen LogP contribution in [-0.4, -0.2) is 29.8 Å². The SMILES string of the molecule is CCOC(=O)c1cccc(NC(=O)Nc2c(-c3cccc4c5c(ccc34)C3=C(CC5)C(O)CC=C3)ccc3ccccc23)c1. The second kappa shape index (κ2) is 11.5. The van der Waals surface area contributed by atoms with Crippen LogP contribution in [-0.2, 0) is 11.2 Å². The standard InChI is InChI=1S/C38H32N2O4/c1-2-44-37(42)24-9-5-10-25(22-24)39-38(43)40-36-26-11-4-3-8-23(26)16-17-34(36)29-13-6-12-27-30(29)18-19-32-28-14-7-15-35(41)33(28)21-20-31(27)32/h3-14,16-19,22,35,41H,2,15,20-21H2,1H3,(H2,39,40,43). The number of carbonyl (C=O) groups excluding carboxylic acids is 2. The summed E-state index contributed by atoms with van der Waals surface area (Å²) in [5.74, 6) is -0.436. The molecule has 2 aliphatic rings. The Morgan fingerprint density at radius 3 is 2.52 bits per heavy atom. The van der Waals surface area contributed by atoms with Crippen LogP contribution < -0.4 is 10.6 Å². The van der Waals surface area contributed by atoms with E-state index in [0.717, 1.165) is 51.3 Å². The number of hydrogen-bond acceptors (Lipinski definition) is 4. The molecular weight excluding hydrogens is 548 g/mol. The molecule has 7 rings (SSSR count). The number of ether oxygens (including phenoxy) is 1. The third-order valence-electron chi connectivity index (χ3n) is 8.59. The quantitative estimate of drug-likeness (QED) is 0.182. The third kappa shape index (κ3) is 4.93. The van der Waals surface area contributed by atoms with Gasteiger partial charge in [-0.25, -0.2) is 9.59 Å². The molecule has 0 aliphatic heterocycles. The van der Waals surface area contributed by atoms with E-state index in [1.807, 2.05) is 24.3 Å². The van der Waals surface area contributed by atoms with Gasteiger partial charge in [0, 0.05) is 16.6 Å². The Labute approximate surface area is 255 Å². The van der Waals surface area contributed by atoms with Gasteiger partial charge in [0.2, 0.25) is 0 Å². The van der Waals surface area contributed by atoms with Crippen molar-refractivity contribution in [2.45, 2.75) is 32.3 Å². The van der Waals surface area contributed by atoms with Crippen LogP contribution in [0.1, 0.15) is 41.3 Å². The van der Waals surface area contributed by atoms with Gasteiger partial charge in [-0.3, -0.25) is 0 Å². The average molecular weight is 581 g/mol. The summed E-state index contributed by atoms with van der Waals surface area (Å²) >= 11 is 0. The minimum atomic E-state index is -0.436. The van der Waals surface area contributed by atoms with E-state index < -0.39 is 18.1 Å². The third-order valence-corrected chi connectivity index (χ3v) is 8.59. The van der Waals surface area contributed by atoms with Crippen molar-refractivity contribution >= 4 is 50.5 Å². The van der Waals surface area contributed by atoms with Gasteiger partial charge in [-0.15, -0.1) is 0 Å². The van der Waals surface area contributed by atoms with Crippen molar-refractivity contribution in [3.8, 4) is 11.1 Å². The Morgan fingerprint density at radius 2 is 1.64 bits per heavy atom. The fourth-order valence-electron chi connectivity index (χ4n) is 6.59. The van der Waals surface area contributed by atoms with E-state index in [-0.39, 0.29) is 6.61 Å². The van der Waals surface area contributed by atoms with Crippen LogP contribution in [0.25, 0.3) is 38.2 Å². The van der Waals surface area contributed by atoms with Crippen LogP contribution in [0.15, 0.2) is 109 Å². The fraction of sp³-hybridized carbons (Fsp3) is 0.158. The zero-order valence-corrected chi connectivity index (χ0v) is 24.4. The highest BCUT2D eigenvalue weighted by Crippen LogP contribution is 2.43. The molecule has 3 N–H and O–H groups in total. The number of aliphatic hydroxyl groups excluding tert-OH is 1. The predicted molar refractivity (Wildman–Crippen MR) is 177 cm³/mol. The van der Waals surface area contributed by atoms with Crippen molar-refractivity contribution < 1.29 is 19.4 Å². The molecule has 44 heavy (non-hydrogen) atoms.